The van der Waals surface area contributed by atoms with E-state index in [2.05, 4.69) is 5.32 Å². The Morgan fingerprint density at radius 3 is 3.00 bits per heavy atom. The zero-order valence-electron chi connectivity index (χ0n) is 11.8. The molecule has 1 aliphatic rings. The summed E-state index contributed by atoms with van der Waals surface area (Å²) in [6.07, 6.45) is 3.03. The number of methoxy groups -OCH3 is 1. The number of nitro groups is 1. The molecule has 1 aromatic rings. The summed E-state index contributed by atoms with van der Waals surface area (Å²) in [5, 5.41) is 13.7. The summed E-state index contributed by atoms with van der Waals surface area (Å²) in [5.74, 6) is -0.199. The van der Waals surface area contributed by atoms with Crippen molar-refractivity contribution in [1.82, 2.24) is 5.32 Å². The van der Waals surface area contributed by atoms with Gasteiger partial charge in [-0.1, -0.05) is 0 Å². The van der Waals surface area contributed by atoms with Crippen molar-refractivity contribution in [1.29, 1.82) is 0 Å². The van der Waals surface area contributed by atoms with E-state index in [-0.39, 0.29) is 29.0 Å². The monoisotopic (exact) mass is 294 g/mol. The van der Waals surface area contributed by atoms with Crippen LogP contribution in [-0.4, -0.2) is 37.2 Å². The Morgan fingerprint density at radius 1 is 1.57 bits per heavy atom. The lowest BCUT2D eigenvalue weighted by Gasteiger charge is -2.10. The van der Waals surface area contributed by atoms with E-state index >= 15 is 0 Å². The Bertz CT molecular complexity index is 526. The third-order valence-electron chi connectivity index (χ3n) is 3.41. The minimum atomic E-state index is -0.567. The van der Waals surface area contributed by atoms with Gasteiger partial charge in [-0.05, 0) is 31.4 Å². The summed E-state index contributed by atoms with van der Waals surface area (Å²) >= 11 is 0. The summed E-state index contributed by atoms with van der Waals surface area (Å²) < 4.78 is 10.4. The van der Waals surface area contributed by atoms with Crippen LogP contribution >= 0.6 is 0 Å². The molecular formula is C14H18N2O5. The maximum atomic E-state index is 12.0. The van der Waals surface area contributed by atoms with Gasteiger partial charge in [0.25, 0.3) is 5.91 Å². The van der Waals surface area contributed by atoms with Crippen LogP contribution in [0.15, 0.2) is 18.2 Å². The quantitative estimate of drug-likeness (QED) is 0.639. The first-order valence-corrected chi connectivity index (χ1v) is 6.84. The van der Waals surface area contributed by atoms with Crippen LogP contribution in [0.25, 0.3) is 0 Å². The second-order valence-electron chi connectivity index (χ2n) is 4.82. The Labute approximate surface area is 122 Å². The Morgan fingerprint density at radius 2 is 2.38 bits per heavy atom. The summed E-state index contributed by atoms with van der Waals surface area (Å²) in [7, 11) is 1.35. The maximum absolute atomic E-state index is 12.0. The van der Waals surface area contributed by atoms with Gasteiger partial charge in [0.1, 0.15) is 0 Å². The van der Waals surface area contributed by atoms with E-state index in [4.69, 9.17) is 9.47 Å². The van der Waals surface area contributed by atoms with Crippen LogP contribution < -0.4 is 10.1 Å². The number of hydrogen-bond acceptors (Lipinski definition) is 5. The highest BCUT2D eigenvalue weighted by Crippen LogP contribution is 2.27. The highest BCUT2D eigenvalue weighted by atomic mass is 16.6. The van der Waals surface area contributed by atoms with Crippen molar-refractivity contribution in [3.05, 3.63) is 33.9 Å². The van der Waals surface area contributed by atoms with Crippen molar-refractivity contribution >= 4 is 11.6 Å². The minimum absolute atomic E-state index is 0.135. The van der Waals surface area contributed by atoms with Gasteiger partial charge < -0.3 is 14.8 Å². The molecule has 1 fully saturated rings. The first kappa shape index (κ1) is 15.2. The van der Waals surface area contributed by atoms with E-state index in [1.54, 1.807) is 0 Å². The number of carbonyl (C=O) groups is 1. The molecule has 114 valence electrons. The summed E-state index contributed by atoms with van der Waals surface area (Å²) in [6.45, 7) is 1.27. The molecule has 1 aliphatic heterocycles. The predicted octanol–water partition coefficient (Wildman–Crippen LogP) is 1.90. The normalized spacial score (nSPS) is 17.5. The molecule has 0 aliphatic carbocycles. The van der Waals surface area contributed by atoms with Gasteiger partial charge in [-0.25, -0.2) is 0 Å². The molecule has 2 rings (SSSR count). The number of nitrogens with one attached hydrogen (secondary N) is 1. The average Bonchev–Trinajstić information content (AvgIpc) is 2.99. The molecular weight excluding hydrogens is 276 g/mol. The molecule has 1 atom stereocenters. The second-order valence-corrected chi connectivity index (χ2v) is 4.82. The molecule has 1 N–H and O–H groups in total. The third-order valence-corrected chi connectivity index (χ3v) is 3.41. The molecule has 0 radical (unpaired) electrons. The number of carbonyl (C=O) groups excluding carboxylic acids is 1. The van der Waals surface area contributed by atoms with Crippen LogP contribution in [0.4, 0.5) is 5.69 Å². The lowest BCUT2D eigenvalue weighted by atomic mass is 10.1. The van der Waals surface area contributed by atoms with Gasteiger partial charge in [-0.2, -0.15) is 0 Å². The van der Waals surface area contributed by atoms with E-state index in [1.165, 1.54) is 25.3 Å². The number of benzene rings is 1. The minimum Gasteiger partial charge on any atom is -0.490 e. The smallest absolute Gasteiger partial charge is 0.311 e. The summed E-state index contributed by atoms with van der Waals surface area (Å²) in [4.78, 5) is 22.3. The Kier molecular flexibility index (Phi) is 5.10. The predicted molar refractivity (Wildman–Crippen MR) is 75.6 cm³/mol. The van der Waals surface area contributed by atoms with Crippen LogP contribution in [0.5, 0.6) is 5.75 Å². The van der Waals surface area contributed by atoms with Gasteiger partial charge >= 0.3 is 5.69 Å². The molecule has 7 heteroatoms. The molecule has 1 amide bonds. The maximum Gasteiger partial charge on any atom is 0.311 e. The second kappa shape index (κ2) is 7.03. The summed E-state index contributed by atoms with van der Waals surface area (Å²) in [5.41, 5.74) is 0.0270. The number of rotatable bonds is 6. The molecule has 1 saturated heterocycles. The van der Waals surface area contributed by atoms with E-state index in [1.807, 2.05) is 0 Å². The van der Waals surface area contributed by atoms with Gasteiger partial charge in [0.05, 0.1) is 18.1 Å². The third kappa shape index (κ3) is 3.91. The molecule has 21 heavy (non-hydrogen) atoms. The lowest BCUT2D eigenvalue weighted by molar-refractivity contribution is -0.385. The van der Waals surface area contributed by atoms with E-state index in [0.29, 0.717) is 6.54 Å². The zero-order valence-corrected chi connectivity index (χ0v) is 11.8. The van der Waals surface area contributed by atoms with Crippen LogP contribution in [0.3, 0.4) is 0 Å². The van der Waals surface area contributed by atoms with E-state index < -0.39 is 4.92 Å². The van der Waals surface area contributed by atoms with Crippen molar-refractivity contribution in [2.75, 3.05) is 20.3 Å². The van der Waals surface area contributed by atoms with E-state index in [0.717, 1.165) is 25.9 Å². The fourth-order valence-corrected chi connectivity index (χ4v) is 2.29. The van der Waals surface area contributed by atoms with Crippen LogP contribution in [0, 0.1) is 10.1 Å². The molecule has 1 aromatic carbocycles. The standard InChI is InChI=1S/C14H18N2O5/c1-20-13-5-4-10(9-12(13)16(18)19)14(17)15-7-6-11-3-2-8-21-11/h4-5,9,11H,2-3,6-8H2,1H3,(H,15,17). The molecule has 0 aromatic heterocycles. The zero-order chi connectivity index (χ0) is 15.2. The first-order chi connectivity index (χ1) is 10.1. The molecule has 0 saturated carbocycles. The molecule has 0 bridgehead atoms. The van der Waals surface area contributed by atoms with Crippen LogP contribution in [0.1, 0.15) is 29.6 Å². The fraction of sp³-hybridized carbons (Fsp3) is 0.500. The van der Waals surface area contributed by atoms with Gasteiger partial charge in [0, 0.05) is 24.8 Å². The largest absolute Gasteiger partial charge is 0.490 e. The molecule has 0 spiro atoms. The van der Waals surface area contributed by atoms with Crippen molar-refractivity contribution in [3.63, 3.8) is 0 Å². The van der Waals surface area contributed by atoms with Crippen LogP contribution in [0.2, 0.25) is 0 Å². The van der Waals surface area contributed by atoms with E-state index in [9.17, 15) is 14.9 Å². The highest BCUT2D eigenvalue weighted by molar-refractivity contribution is 5.95. The molecule has 1 unspecified atom stereocenters. The topological polar surface area (TPSA) is 90.7 Å². The van der Waals surface area contributed by atoms with Crippen LogP contribution in [-0.2, 0) is 4.74 Å². The average molecular weight is 294 g/mol. The van der Waals surface area contributed by atoms with Crippen molar-refractivity contribution in [2.45, 2.75) is 25.4 Å². The highest BCUT2D eigenvalue weighted by Gasteiger charge is 2.19. The van der Waals surface area contributed by atoms with Gasteiger partial charge in [-0.15, -0.1) is 0 Å². The van der Waals surface area contributed by atoms with Gasteiger partial charge in [0.2, 0.25) is 0 Å². The number of nitro benzene ring substituents is 1. The Hall–Kier alpha value is -2.15. The van der Waals surface area contributed by atoms with Gasteiger partial charge in [0.15, 0.2) is 5.75 Å². The van der Waals surface area contributed by atoms with Crippen molar-refractivity contribution < 1.29 is 19.2 Å². The SMILES string of the molecule is COc1ccc(C(=O)NCCC2CCCO2)cc1[N+](=O)[O-]. The lowest BCUT2D eigenvalue weighted by Crippen LogP contribution is -2.27. The number of hydrogen-bond donors (Lipinski definition) is 1. The number of ether oxygens (including phenoxy) is 2. The number of nitrogens with zero attached hydrogens (tertiary/aromatic N) is 1. The fourth-order valence-electron chi connectivity index (χ4n) is 2.29. The Balaban J connectivity index is 1.95. The summed E-state index contributed by atoms with van der Waals surface area (Å²) in [6, 6.07) is 4.15. The molecule has 1 heterocycles. The number of amides is 1. The van der Waals surface area contributed by atoms with Crippen molar-refractivity contribution in [2.24, 2.45) is 0 Å². The first-order valence-electron chi connectivity index (χ1n) is 6.84. The molecule has 7 nitrogen and oxygen atoms in total. The van der Waals surface area contributed by atoms with Crippen molar-refractivity contribution in [3.8, 4) is 5.75 Å². The van der Waals surface area contributed by atoms with Gasteiger partial charge in [-0.3, -0.25) is 14.9 Å².